The second-order valence-electron chi connectivity index (χ2n) is 22.7. The van der Waals surface area contributed by atoms with Crippen LogP contribution >= 0.6 is 0 Å². The van der Waals surface area contributed by atoms with Crippen LogP contribution < -0.4 is 9.30 Å². The van der Waals surface area contributed by atoms with Crippen molar-refractivity contribution in [1.29, 1.82) is 0 Å². The predicted molar refractivity (Wildman–Crippen MR) is 357 cm³/mol. The SMILES string of the molecule is [2H]c1c([2H])c([2H])c(-c2cnc(-n3c4ccccc4c4ccc(Oc5cccc(-n6[c-][n+](-c7c(-c8c([2H])c([2H])c([2H])c([2H])c8[2H])cccc7-c7c([2H])c(-c8c([2H])c([2H])c([2H])c([2H])c8[2H])c([2H])c(-c8c([2H])c([2H])c([2H])c([2H])c8[2H])c7[2H])c7ccc(-c8cc(C(C)(C)C)cc(C(C)(C)C)c8)cc76)c5)cc43)cc2C([2H])([2H])[2H])c([2H])c1[2H]. The Morgan fingerprint density at radius 3 is 1.66 bits per heavy atom. The number of para-hydroxylation sites is 2. The first-order valence-corrected chi connectivity index (χ1v) is 27.6. The van der Waals surface area contributed by atoms with Crippen molar-refractivity contribution in [2.24, 2.45) is 0 Å². The molecule has 0 saturated carbocycles. The van der Waals surface area contributed by atoms with Crippen LogP contribution in [0.1, 0.15) is 93.9 Å². The van der Waals surface area contributed by atoms with Gasteiger partial charge in [-0.1, -0.05) is 235 Å². The second-order valence-corrected chi connectivity index (χ2v) is 22.7. The van der Waals surface area contributed by atoms with Crippen LogP contribution in [0.25, 0.3) is 117 Å². The Labute approximate surface area is 540 Å². The normalized spacial score (nSPS) is 16.3. The lowest BCUT2D eigenvalue weighted by atomic mass is 9.79. The van der Waals surface area contributed by atoms with E-state index in [1.165, 1.54) is 35.0 Å². The molecule has 14 rings (SSSR count). The summed E-state index contributed by atoms with van der Waals surface area (Å²) in [7, 11) is 0. The average molecular weight is 1140 g/mol. The Morgan fingerprint density at radius 2 is 1.02 bits per heavy atom. The summed E-state index contributed by atoms with van der Waals surface area (Å²) in [5.74, 6) is 0.623. The summed E-state index contributed by atoms with van der Waals surface area (Å²) in [6.45, 7) is 9.76. The number of pyridine rings is 1. The van der Waals surface area contributed by atoms with Gasteiger partial charge in [0.1, 0.15) is 17.3 Å². The van der Waals surface area contributed by atoms with Gasteiger partial charge in [0.15, 0.2) is 0 Å². The van der Waals surface area contributed by atoms with Gasteiger partial charge < -0.3 is 4.74 Å². The molecule has 416 valence electrons. The molecule has 0 bridgehead atoms. The van der Waals surface area contributed by atoms with Crippen LogP contribution in [0.3, 0.4) is 0 Å². The number of aromatic nitrogens is 4. The fourth-order valence-electron chi connectivity index (χ4n) is 10.7. The molecule has 0 spiro atoms. The van der Waals surface area contributed by atoms with E-state index in [0.29, 0.717) is 33.2 Å². The van der Waals surface area contributed by atoms with Crippen molar-refractivity contribution < 1.29 is 44.9 Å². The zero-order valence-electron chi connectivity index (χ0n) is 73.4. The summed E-state index contributed by atoms with van der Waals surface area (Å²) < 4.78 is 246. The van der Waals surface area contributed by atoms with E-state index in [9.17, 15) is 12.3 Å². The van der Waals surface area contributed by atoms with Crippen LogP contribution in [0, 0.1) is 13.2 Å². The molecule has 5 nitrogen and oxygen atoms in total. The number of aryl methyl sites for hydroxylation is 1. The number of hydrogen-bond donors (Lipinski definition) is 0. The molecule has 3 aromatic heterocycles. The number of ether oxygens (including phenoxy) is 1. The monoisotopic (exact) mass is 1140 g/mol. The van der Waals surface area contributed by atoms with E-state index in [-0.39, 0.29) is 72.7 Å². The van der Waals surface area contributed by atoms with Crippen LogP contribution in [0.15, 0.2) is 273 Å². The standard InChI is InChI=1S/C81H66N4O/c1-54-42-78(82-52-73(54)58-30-18-11-19-31-58)85-74-37-21-20-34-71(74)72-40-39-68(51-76(72)85)86-67-33-22-32-66(50-67)83-53-84(75-41-38-59(48-77(75)83)62-46-64(80(2,3)4)49-65(47-62)81(5,6)7)79-69(57-28-16-10-17-29-57)35-23-36-70(79)63-44-60(55-24-12-8-13-25-55)43-61(45-63)56-26-14-9-15-27-56/h8-52H,1-7H3/i1D3,8D,9D,10D,11D,12D,13D,14D,15D,16D,17D,18D,19D,24D,25D,26D,27D,28D,29D,30D,31D,43D,44D,45D. The first-order valence-electron chi connectivity index (χ1n) is 40.6. The second kappa shape index (κ2) is 21.7. The third-order valence-electron chi connectivity index (χ3n) is 15.0. The molecule has 86 heavy (non-hydrogen) atoms. The first kappa shape index (κ1) is 32.1. The zero-order valence-corrected chi connectivity index (χ0v) is 47.4. The van der Waals surface area contributed by atoms with Gasteiger partial charge in [-0.2, -0.15) is 0 Å². The highest BCUT2D eigenvalue weighted by molar-refractivity contribution is 6.09. The van der Waals surface area contributed by atoms with Crippen LogP contribution in [0.2, 0.25) is 0 Å². The molecule has 0 atom stereocenters. The number of fused-ring (bicyclic) bond motifs is 4. The maximum Gasteiger partial charge on any atom is 0.269 e. The van der Waals surface area contributed by atoms with Crippen LogP contribution in [0.5, 0.6) is 11.5 Å². The molecule has 0 aliphatic carbocycles. The molecule has 0 N–H and O–H groups in total. The number of benzene rings is 11. The largest absolute Gasteiger partial charge is 0.458 e. The number of hydrogen-bond acceptors (Lipinski definition) is 2. The van der Waals surface area contributed by atoms with Crippen LogP contribution in [-0.4, -0.2) is 14.1 Å². The highest BCUT2D eigenvalue weighted by Gasteiger charge is 2.25. The van der Waals surface area contributed by atoms with E-state index < -0.39 is 174 Å². The molecule has 0 saturated heterocycles. The van der Waals surface area contributed by atoms with Gasteiger partial charge in [-0.15, -0.1) is 0 Å². The van der Waals surface area contributed by atoms with Gasteiger partial charge in [0.2, 0.25) is 0 Å². The summed E-state index contributed by atoms with van der Waals surface area (Å²) in [5.41, 5.74) is -0.0770. The molecule has 0 aliphatic rings. The molecule has 0 aliphatic heterocycles. The van der Waals surface area contributed by atoms with Crippen molar-refractivity contribution in [3.05, 3.63) is 296 Å². The number of nitrogens with zero attached hydrogens (tertiary/aromatic N) is 4. The molecule has 14 aromatic rings. The Kier molecular flexibility index (Phi) is 8.08. The maximum absolute atomic E-state index is 10.4. The average Bonchev–Trinajstić information content (AvgIpc) is 0.902. The molecule has 0 unspecified atom stereocenters. The van der Waals surface area contributed by atoms with Crippen molar-refractivity contribution in [2.75, 3.05) is 0 Å². The number of imidazole rings is 1. The Bertz CT molecular complexity index is 6180. The van der Waals surface area contributed by atoms with Crippen molar-refractivity contribution in [2.45, 2.75) is 59.2 Å². The fourth-order valence-corrected chi connectivity index (χ4v) is 10.7. The van der Waals surface area contributed by atoms with E-state index >= 15 is 0 Å². The van der Waals surface area contributed by atoms with Gasteiger partial charge in [0.25, 0.3) is 6.33 Å². The Hall–Kier alpha value is -10.4. The Morgan fingerprint density at radius 1 is 0.453 bits per heavy atom. The van der Waals surface area contributed by atoms with E-state index in [2.05, 4.69) is 66.1 Å². The minimum absolute atomic E-state index is 0.113. The van der Waals surface area contributed by atoms with E-state index in [1.807, 2.05) is 36.4 Å². The van der Waals surface area contributed by atoms with Gasteiger partial charge in [-0.3, -0.25) is 13.7 Å². The summed E-state index contributed by atoms with van der Waals surface area (Å²) in [4.78, 5) is 4.73. The third kappa shape index (κ3) is 10.2. The minimum atomic E-state index is -2.89. The van der Waals surface area contributed by atoms with E-state index in [4.69, 9.17) is 33.0 Å². The van der Waals surface area contributed by atoms with Crippen molar-refractivity contribution in [3.8, 4) is 95.5 Å². The van der Waals surface area contributed by atoms with Crippen molar-refractivity contribution in [1.82, 2.24) is 14.1 Å². The van der Waals surface area contributed by atoms with E-state index in [1.54, 1.807) is 57.7 Å². The fraction of sp³-hybridized carbons (Fsp3) is 0.111. The smallest absolute Gasteiger partial charge is 0.269 e. The molecule has 0 fully saturated rings. The van der Waals surface area contributed by atoms with Gasteiger partial charge >= 0.3 is 0 Å². The summed E-state index contributed by atoms with van der Waals surface area (Å²) in [6.07, 6.45) is 4.69. The summed E-state index contributed by atoms with van der Waals surface area (Å²) in [5, 5.41) is 1.44. The van der Waals surface area contributed by atoms with Crippen molar-refractivity contribution in [3.63, 3.8) is 0 Å². The highest BCUT2D eigenvalue weighted by atomic mass is 16.5. The third-order valence-corrected chi connectivity index (χ3v) is 15.0. The molecule has 5 heteroatoms. The van der Waals surface area contributed by atoms with Crippen LogP contribution in [0.4, 0.5) is 0 Å². The maximum atomic E-state index is 10.4. The predicted octanol–water partition coefficient (Wildman–Crippen LogP) is 20.9. The summed E-state index contributed by atoms with van der Waals surface area (Å²) >= 11 is 0. The minimum Gasteiger partial charge on any atom is -0.458 e. The molecular weight excluding hydrogens is 1040 g/mol. The molecule has 11 aromatic carbocycles. The molecule has 0 radical (unpaired) electrons. The lowest BCUT2D eigenvalue weighted by Crippen LogP contribution is -2.31. The van der Waals surface area contributed by atoms with Gasteiger partial charge in [0.05, 0.1) is 65.0 Å². The van der Waals surface area contributed by atoms with Gasteiger partial charge in [-0.25, -0.2) is 4.98 Å². The van der Waals surface area contributed by atoms with Gasteiger partial charge in [-0.05, 0) is 162 Å². The molecule has 3 heterocycles. The lowest BCUT2D eigenvalue weighted by Gasteiger charge is -2.26. The topological polar surface area (TPSA) is 35.9 Å². The van der Waals surface area contributed by atoms with Crippen molar-refractivity contribution >= 4 is 32.8 Å². The molecular formula is C81H66N4O. The van der Waals surface area contributed by atoms with Gasteiger partial charge in [0, 0.05) is 32.7 Å². The zero-order chi connectivity index (χ0) is 81.2. The highest BCUT2D eigenvalue weighted by Crippen LogP contribution is 2.42. The summed E-state index contributed by atoms with van der Waals surface area (Å²) in [6, 6.07) is 18.9. The van der Waals surface area contributed by atoms with Crippen LogP contribution in [-0.2, 0) is 10.8 Å². The first-order chi connectivity index (χ1) is 52.6. The lowest BCUT2D eigenvalue weighted by molar-refractivity contribution is -0.571. The molecule has 0 amide bonds. The number of rotatable bonds is 11. The van der Waals surface area contributed by atoms with E-state index in [0.717, 1.165) is 22.1 Å². The quantitative estimate of drug-likeness (QED) is 0.0956. The Balaban J connectivity index is 1.05.